The Hall–Kier alpha value is -1.97. The van der Waals surface area contributed by atoms with E-state index in [1.807, 2.05) is 18.2 Å². The van der Waals surface area contributed by atoms with Gasteiger partial charge in [0.25, 0.3) is 0 Å². The first kappa shape index (κ1) is 14.0. The van der Waals surface area contributed by atoms with Crippen LogP contribution in [0.25, 0.3) is 0 Å². The average Bonchev–Trinajstić information content (AvgIpc) is 3.15. The van der Waals surface area contributed by atoms with Crippen LogP contribution in [0, 0.1) is 17.8 Å². The molecule has 1 amide bonds. The summed E-state index contributed by atoms with van der Waals surface area (Å²) >= 11 is 0. The van der Waals surface area contributed by atoms with E-state index in [1.165, 1.54) is 0 Å². The fraction of sp³-hybridized carbons (Fsp3) is 0.471. The van der Waals surface area contributed by atoms with Crippen molar-refractivity contribution in [1.29, 1.82) is 0 Å². The molecule has 0 unspecified atom stereocenters. The van der Waals surface area contributed by atoms with Gasteiger partial charge >= 0.3 is 0 Å². The smallest absolute Gasteiger partial charge is 0.223 e. The van der Waals surface area contributed by atoms with Crippen molar-refractivity contribution in [2.45, 2.75) is 19.4 Å². The third-order valence-electron chi connectivity index (χ3n) is 4.56. The van der Waals surface area contributed by atoms with Crippen LogP contribution in [0.3, 0.4) is 0 Å². The maximum atomic E-state index is 12.3. The first-order chi connectivity index (χ1) is 10.2. The van der Waals surface area contributed by atoms with E-state index >= 15 is 0 Å². The summed E-state index contributed by atoms with van der Waals surface area (Å²) in [6, 6.07) is 5.62. The zero-order chi connectivity index (χ0) is 14.8. The zero-order valence-corrected chi connectivity index (χ0v) is 12.5. The Morgan fingerprint density at radius 3 is 2.71 bits per heavy atom. The molecule has 0 radical (unpaired) electrons. The number of allylic oxidation sites excluding steroid dienone is 2. The van der Waals surface area contributed by atoms with Gasteiger partial charge in [0.1, 0.15) is 11.5 Å². The van der Waals surface area contributed by atoms with Crippen molar-refractivity contribution >= 4 is 5.91 Å². The number of carbonyl (C=O) groups is 1. The lowest BCUT2D eigenvalue weighted by Crippen LogP contribution is -2.32. The highest BCUT2D eigenvalue weighted by atomic mass is 16.5. The largest absolute Gasteiger partial charge is 0.497 e. The Bertz CT molecular complexity index is 567. The standard InChI is InChI=1S/C17H21NO3/c1-20-14-5-6-16(21-2)13(9-14)10-18-17(19)15-8-11-3-4-12(15)7-11/h3-6,9,11-12,15H,7-8,10H2,1-2H3,(H,18,19)/t11-,12-,15-/m0/s1. The molecule has 4 nitrogen and oxygen atoms in total. The topological polar surface area (TPSA) is 47.6 Å². The van der Waals surface area contributed by atoms with E-state index in [0.29, 0.717) is 18.4 Å². The van der Waals surface area contributed by atoms with Crippen LogP contribution in [-0.2, 0) is 11.3 Å². The van der Waals surface area contributed by atoms with E-state index in [1.54, 1.807) is 14.2 Å². The Balaban J connectivity index is 1.64. The molecule has 1 aromatic carbocycles. The van der Waals surface area contributed by atoms with Gasteiger partial charge in [-0.25, -0.2) is 0 Å². The maximum absolute atomic E-state index is 12.3. The molecule has 4 heteroatoms. The number of nitrogens with one attached hydrogen (secondary N) is 1. The van der Waals surface area contributed by atoms with Crippen LogP contribution in [0.15, 0.2) is 30.4 Å². The number of benzene rings is 1. The summed E-state index contributed by atoms with van der Waals surface area (Å²) in [5, 5.41) is 3.04. The fourth-order valence-electron chi connectivity index (χ4n) is 3.42. The Morgan fingerprint density at radius 2 is 2.10 bits per heavy atom. The number of hydrogen-bond donors (Lipinski definition) is 1. The van der Waals surface area contributed by atoms with E-state index in [0.717, 1.165) is 29.9 Å². The molecule has 112 valence electrons. The van der Waals surface area contributed by atoms with Crippen LogP contribution in [0.2, 0.25) is 0 Å². The van der Waals surface area contributed by atoms with Crippen LogP contribution in [0.5, 0.6) is 11.5 Å². The van der Waals surface area contributed by atoms with Gasteiger partial charge in [-0.1, -0.05) is 12.2 Å². The van der Waals surface area contributed by atoms with Crippen LogP contribution in [0.1, 0.15) is 18.4 Å². The summed E-state index contributed by atoms with van der Waals surface area (Å²) in [6.45, 7) is 0.469. The van der Waals surface area contributed by atoms with Gasteiger partial charge in [-0.05, 0) is 42.9 Å². The molecule has 0 aliphatic heterocycles. The van der Waals surface area contributed by atoms with Crippen molar-refractivity contribution in [2.24, 2.45) is 17.8 Å². The molecular weight excluding hydrogens is 266 g/mol. The normalized spacial score (nSPS) is 25.9. The Morgan fingerprint density at radius 1 is 1.24 bits per heavy atom. The van der Waals surface area contributed by atoms with Gasteiger partial charge in [-0.15, -0.1) is 0 Å². The van der Waals surface area contributed by atoms with Crippen molar-refractivity contribution in [3.63, 3.8) is 0 Å². The van der Waals surface area contributed by atoms with Gasteiger partial charge in [-0.2, -0.15) is 0 Å². The minimum atomic E-state index is 0.136. The first-order valence-electron chi connectivity index (χ1n) is 7.38. The highest BCUT2D eigenvalue weighted by Gasteiger charge is 2.39. The predicted molar refractivity (Wildman–Crippen MR) is 80.2 cm³/mol. The van der Waals surface area contributed by atoms with Crippen molar-refractivity contribution in [2.75, 3.05) is 14.2 Å². The molecule has 0 heterocycles. The number of hydrogen-bond acceptors (Lipinski definition) is 3. The molecule has 0 spiro atoms. The second-order valence-corrected chi connectivity index (χ2v) is 5.78. The predicted octanol–water partition coefficient (Wildman–Crippen LogP) is 2.53. The van der Waals surface area contributed by atoms with Crippen molar-refractivity contribution in [1.82, 2.24) is 5.32 Å². The van der Waals surface area contributed by atoms with Crippen molar-refractivity contribution < 1.29 is 14.3 Å². The summed E-state index contributed by atoms with van der Waals surface area (Å²) < 4.78 is 10.6. The van der Waals surface area contributed by atoms with Gasteiger partial charge < -0.3 is 14.8 Å². The highest BCUT2D eigenvalue weighted by Crippen LogP contribution is 2.43. The molecule has 1 N–H and O–H groups in total. The Labute approximate surface area is 125 Å². The molecule has 3 atom stereocenters. The summed E-state index contributed by atoms with van der Waals surface area (Å²) in [5.74, 6) is 2.86. The summed E-state index contributed by atoms with van der Waals surface area (Å²) in [4.78, 5) is 12.3. The average molecular weight is 287 g/mol. The lowest BCUT2D eigenvalue weighted by atomic mass is 9.93. The third kappa shape index (κ3) is 2.75. The minimum absolute atomic E-state index is 0.136. The number of amides is 1. The molecule has 1 fully saturated rings. The van der Waals surface area contributed by atoms with E-state index in [9.17, 15) is 4.79 Å². The number of ether oxygens (including phenoxy) is 2. The number of fused-ring (bicyclic) bond motifs is 2. The molecule has 21 heavy (non-hydrogen) atoms. The van der Waals surface area contributed by atoms with Gasteiger partial charge in [0.2, 0.25) is 5.91 Å². The summed E-state index contributed by atoms with van der Waals surface area (Å²) in [5.41, 5.74) is 0.934. The quantitative estimate of drug-likeness (QED) is 0.847. The SMILES string of the molecule is COc1ccc(OC)c(CNC(=O)[C@H]2C[C@H]3C=C[C@H]2C3)c1. The molecule has 2 aliphatic rings. The lowest BCUT2D eigenvalue weighted by Gasteiger charge is -2.18. The lowest BCUT2D eigenvalue weighted by molar-refractivity contribution is -0.125. The second-order valence-electron chi connectivity index (χ2n) is 5.78. The minimum Gasteiger partial charge on any atom is -0.497 e. The molecule has 0 aromatic heterocycles. The maximum Gasteiger partial charge on any atom is 0.223 e. The third-order valence-corrected chi connectivity index (χ3v) is 4.56. The van der Waals surface area contributed by atoms with Crippen molar-refractivity contribution in [3.05, 3.63) is 35.9 Å². The van der Waals surface area contributed by atoms with E-state index in [2.05, 4.69) is 17.5 Å². The van der Waals surface area contributed by atoms with E-state index in [4.69, 9.17) is 9.47 Å². The molecule has 3 rings (SSSR count). The molecular formula is C17H21NO3. The van der Waals surface area contributed by atoms with Gasteiger partial charge in [0.05, 0.1) is 14.2 Å². The number of carbonyl (C=O) groups excluding carboxylic acids is 1. The fourth-order valence-corrected chi connectivity index (χ4v) is 3.42. The highest BCUT2D eigenvalue weighted by molar-refractivity contribution is 5.80. The molecule has 2 bridgehead atoms. The van der Waals surface area contributed by atoms with Crippen LogP contribution in [-0.4, -0.2) is 20.1 Å². The second kappa shape index (κ2) is 5.80. The zero-order valence-electron chi connectivity index (χ0n) is 12.5. The summed E-state index contributed by atoms with van der Waals surface area (Å²) in [6.07, 6.45) is 6.58. The monoisotopic (exact) mass is 287 g/mol. The van der Waals surface area contributed by atoms with Crippen molar-refractivity contribution in [3.8, 4) is 11.5 Å². The molecule has 0 saturated heterocycles. The molecule has 1 saturated carbocycles. The number of rotatable bonds is 5. The van der Waals surface area contributed by atoms with E-state index < -0.39 is 0 Å². The number of methoxy groups -OCH3 is 2. The van der Waals surface area contributed by atoms with E-state index in [-0.39, 0.29) is 11.8 Å². The van der Waals surface area contributed by atoms with Crippen LogP contribution < -0.4 is 14.8 Å². The summed E-state index contributed by atoms with van der Waals surface area (Å²) in [7, 11) is 3.26. The van der Waals surface area contributed by atoms with Crippen LogP contribution >= 0.6 is 0 Å². The van der Waals surface area contributed by atoms with Gasteiger partial charge in [0.15, 0.2) is 0 Å². The Kier molecular flexibility index (Phi) is 3.86. The van der Waals surface area contributed by atoms with Gasteiger partial charge in [-0.3, -0.25) is 4.79 Å². The van der Waals surface area contributed by atoms with Gasteiger partial charge in [0, 0.05) is 18.0 Å². The van der Waals surface area contributed by atoms with Crippen LogP contribution in [0.4, 0.5) is 0 Å². The first-order valence-corrected chi connectivity index (χ1v) is 7.38. The molecule has 2 aliphatic carbocycles. The molecule has 1 aromatic rings.